The van der Waals surface area contributed by atoms with Crippen molar-refractivity contribution in [1.82, 2.24) is 0 Å². The molecule has 0 aliphatic carbocycles. The average molecular weight is 534 g/mol. The van der Waals surface area contributed by atoms with E-state index in [0.29, 0.717) is 27.5 Å². The Morgan fingerprint density at radius 3 is 2.45 bits per heavy atom. The van der Waals surface area contributed by atoms with Crippen LogP contribution in [0.4, 0.5) is 4.39 Å². The molecule has 0 unspecified atom stereocenters. The van der Waals surface area contributed by atoms with Gasteiger partial charge in [0.2, 0.25) is 0 Å². The molecule has 4 rings (SSSR count). The van der Waals surface area contributed by atoms with Crippen LogP contribution in [-0.2, 0) is 16.1 Å². The van der Waals surface area contributed by atoms with Crippen LogP contribution in [0, 0.1) is 5.82 Å². The molecule has 9 heteroatoms. The van der Waals surface area contributed by atoms with Gasteiger partial charge in [0, 0.05) is 5.56 Å². The number of hydrogen-bond donors (Lipinski definition) is 1. The maximum Gasteiger partial charge on any atom is 0.344 e. The highest BCUT2D eigenvalue weighted by Gasteiger charge is 2.34. The van der Waals surface area contributed by atoms with Gasteiger partial charge in [-0.05, 0) is 60.5 Å². The van der Waals surface area contributed by atoms with Crippen LogP contribution in [0.2, 0.25) is 0 Å². The molecule has 0 spiro atoms. The highest BCUT2D eigenvalue weighted by Crippen LogP contribution is 2.40. The second-order valence-corrected chi connectivity index (χ2v) is 9.00. The molecule has 194 valence electrons. The van der Waals surface area contributed by atoms with Crippen molar-refractivity contribution in [2.45, 2.75) is 13.5 Å². The summed E-state index contributed by atoms with van der Waals surface area (Å²) in [6.45, 7) is 1.96. The lowest BCUT2D eigenvalue weighted by Crippen LogP contribution is -2.14. The van der Waals surface area contributed by atoms with Crippen molar-refractivity contribution >= 4 is 34.8 Å². The van der Waals surface area contributed by atoms with Gasteiger partial charge >= 0.3 is 5.97 Å². The zero-order chi connectivity index (χ0) is 27.1. The Morgan fingerprint density at radius 1 is 1.03 bits per heavy atom. The zero-order valence-electron chi connectivity index (χ0n) is 20.6. The van der Waals surface area contributed by atoms with Gasteiger partial charge in [-0.25, -0.2) is 14.2 Å². The molecule has 0 bridgehead atoms. The Morgan fingerprint density at radius 2 is 1.76 bits per heavy atom. The van der Waals surface area contributed by atoms with E-state index in [1.807, 2.05) is 0 Å². The van der Waals surface area contributed by atoms with Gasteiger partial charge in [-0.1, -0.05) is 48.2 Å². The summed E-state index contributed by atoms with van der Waals surface area (Å²) in [5.74, 6) is -1.07. The number of aliphatic hydroxyl groups excluding tert-OH is 1. The molecule has 0 radical (unpaired) electrons. The number of ether oxygens (including phenoxy) is 3. The van der Waals surface area contributed by atoms with Gasteiger partial charge in [-0.15, -0.1) is 0 Å². The second-order valence-electron chi connectivity index (χ2n) is 7.97. The maximum absolute atomic E-state index is 13.1. The molecule has 0 saturated carbocycles. The molecule has 1 aliphatic rings. The normalized spacial score (nSPS) is 15.1. The predicted molar refractivity (Wildman–Crippen MR) is 144 cm³/mol. The zero-order valence-corrected chi connectivity index (χ0v) is 21.5. The number of thioether (sulfide) groups is 1. The SMILES string of the molecule is CCOC(=O)C1=C(O)/C(=C/c2ccc(OCc3ccc(F)cc3)c(OC)c2)SC1=NC(=O)c1ccccc1. The molecular formula is C29H24FNO6S. The van der Waals surface area contributed by atoms with Gasteiger partial charge in [-0.2, -0.15) is 0 Å². The van der Waals surface area contributed by atoms with E-state index in [1.165, 1.54) is 19.2 Å². The van der Waals surface area contributed by atoms with Crippen LogP contribution in [0.5, 0.6) is 11.5 Å². The quantitative estimate of drug-likeness (QED) is 0.349. The Bertz CT molecular complexity index is 1430. The fourth-order valence-corrected chi connectivity index (χ4v) is 4.53. The van der Waals surface area contributed by atoms with Crippen molar-refractivity contribution in [2.75, 3.05) is 13.7 Å². The first kappa shape index (κ1) is 26.7. The highest BCUT2D eigenvalue weighted by atomic mass is 32.2. The van der Waals surface area contributed by atoms with Crippen LogP contribution in [0.3, 0.4) is 0 Å². The van der Waals surface area contributed by atoms with E-state index in [4.69, 9.17) is 14.2 Å². The molecule has 1 heterocycles. The van der Waals surface area contributed by atoms with Crippen molar-refractivity contribution in [3.05, 3.63) is 112 Å². The minimum absolute atomic E-state index is 0.0484. The number of aliphatic hydroxyl groups is 1. The largest absolute Gasteiger partial charge is 0.506 e. The van der Waals surface area contributed by atoms with E-state index in [9.17, 15) is 19.1 Å². The lowest BCUT2D eigenvalue weighted by molar-refractivity contribution is -0.138. The molecule has 3 aromatic rings. The van der Waals surface area contributed by atoms with Crippen LogP contribution < -0.4 is 9.47 Å². The molecule has 1 aliphatic heterocycles. The minimum atomic E-state index is -0.775. The monoisotopic (exact) mass is 533 g/mol. The van der Waals surface area contributed by atoms with E-state index in [1.54, 1.807) is 73.7 Å². The maximum atomic E-state index is 13.1. The molecular weight excluding hydrogens is 509 g/mol. The van der Waals surface area contributed by atoms with Gasteiger partial charge in [0.1, 0.15) is 28.8 Å². The third kappa shape index (κ3) is 6.30. The number of nitrogens with zero attached hydrogens (tertiary/aromatic N) is 1. The first-order chi connectivity index (χ1) is 18.4. The summed E-state index contributed by atoms with van der Waals surface area (Å²) in [6, 6.07) is 19.6. The number of aliphatic imine (C=N–C) groups is 1. The Labute approximate surface area is 223 Å². The Hall–Kier alpha value is -4.37. The molecule has 1 amide bonds. The summed E-state index contributed by atoms with van der Waals surface area (Å²) >= 11 is 0.988. The Kier molecular flexibility index (Phi) is 8.60. The standard InChI is InChI=1S/C29H24FNO6S/c1-3-36-29(34)25-26(32)24(38-28(25)31-27(33)20-7-5-4-6-8-20)16-19-11-14-22(23(15-19)35-2)37-17-18-9-12-21(30)13-10-18/h4-16,32H,3,17H2,1-2H3/b24-16-,31-28?. The van der Waals surface area contributed by atoms with Crippen LogP contribution >= 0.6 is 11.8 Å². The van der Waals surface area contributed by atoms with Gasteiger partial charge in [0.05, 0.1) is 18.6 Å². The molecule has 0 fully saturated rings. The number of carbonyl (C=O) groups is 2. The van der Waals surface area contributed by atoms with Crippen molar-refractivity contribution in [3.8, 4) is 11.5 Å². The van der Waals surface area contributed by atoms with E-state index in [2.05, 4.69) is 4.99 Å². The number of benzene rings is 3. The summed E-state index contributed by atoms with van der Waals surface area (Å²) in [4.78, 5) is 29.7. The van der Waals surface area contributed by atoms with Crippen molar-refractivity contribution in [3.63, 3.8) is 0 Å². The molecule has 3 aromatic carbocycles. The van der Waals surface area contributed by atoms with Crippen LogP contribution in [0.1, 0.15) is 28.4 Å². The Balaban J connectivity index is 1.61. The van der Waals surface area contributed by atoms with Gasteiger partial charge in [0.25, 0.3) is 5.91 Å². The first-order valence-corrected chi connectivity index (χ1v) is 12.4. The van der Waals surface area contributed by atoms with Gasteiger partial charge in [-0.3, -0.25) is 4.79 Å². The molecule has 1 N–H and O–H groups in total. The number of rotatable bonds is 8. The van der Waals surface area contributed by atoms with E-state index in [-0.39, 0.29) is 35.4 Å². The van der Waals surface area contributed by atoms with Crippen molar-refractivity contribution < 1.29 is 33.3 Å². The van der Waals surface area contributed by atoms with Crippen molar-refractivity contribution in [1.29, 1.82) is 0 Å². The van der Waals surface area contributed by atoms with Crippen LogP contribution in [-0.4, -0.2) is 35.7 Å². The number of hydrogen-bond acceptors (Lipinski definition) is 7. The topological polar surface area (TPSA) is 94.4 Å². The summed E-state index contributed by atoms with van der Waals surface area (Å²) in [6.07, 6.45) is 1.64. The fourth-order valence-electron chi connectivity index (χ4n) is 3.52. The van der Waals surface area contributed by atoms with Gasteiger partial charge < -0.3 is 19.3 Å². The van der Waals surface area contributed by atoms with Crippen molar-refractivity contribution in [2.24, 2.45) is 4.99 Å². The van der Waals surface area contributed by atoms with E-state index >= 15 is 0 Å². The van der Waals surface area contributed by atoms with Crippen LogP contribution in [0.25, 0.3) is 6.08 Å². The second kappa shape index (κ2) is 12.2. The summed E-state index contributed by atoms with van der Waals surface area (Å²) in [7, 11) is 1.50. The number of halogens is 1. The molecule has 0 aromatic heterocycles. The molecule has 38 heavy (non-hydrogen) atoms. The summed E-state index contributed by atoms with van der Waals surface area (Å²) in [5, 5.41) is 10.9. The van der Waals surface area contributed by atoms with Crippen LogP contribution in [0.15, 0.2) is 94.0 Å². The minimum Gasteiger partial charge on any atom is -0.506 e. The smallest absolute Gasteiger partial charge is 0.344 e. The number of methoxy groups -OCH3 is 1. The highest BCUT2D eigenvalue weighted by molar-refractivity contribution is 8.18. The molecule has 0 saturated heterocycles. The first-order valence-electron chi connectivity index (χ1n) is 11.6. The fraction of sp³-hybridized carbons (Fsp3) is 0.138. The average Bonchev–Trinajstić information content (AvgIpc) is 3.23. The summed E-state index contributed by atoms with van der Waals surface area (Å²) in [5.41, 5.74) is 1.62. The third-order valence-electron chi connectivity index (χ3n) is 5.39. The van der Waals surface area contributed by atoms with Gasteiger partial charge in [0.15, 0.2) is 11.5 Å². The van der Waals surface area contributed by atoms with E-state index < -0.39 is 11.9 Å². The number of carbonyl (C=O) groups excluding carboxylic acids is 2. The molecule has 0 atom stereocenters. The number of esters is 1. The summed E-state index contributed by atoms with van der Waals surface area (Å²) < 4.78 is 29.5. The molecule has 7 nitrogen and oxygen atoms in total. The third-order valence-corrected chi connectivity index (χ3v) is 6.41. The predicted octanol–water partition coefficient (Wildman–Crippen LogP) is 6.12. The lowest BCUT2D eigenvalue weighted by atomic mass is 10.1. The van der Waals surface area contributed by atoms with E-state index in [0.717, 1.165) is 17.3 Å². The number of amides is 1. The lowest BCUT2D eigenvalue weighted by Gasteiger charge is -2.12.